The fraction of sp³-hybridized carbons (Fsp3) is 0.286. The number of hydrogen-bond acceptors (Lipinski definition) is 3. The number of anilines is 1. The average molecular weight is 243 g/mol. The van der Waals surface area contributed by atoms with Gasteiger partial charge in [-0.05, 0) is 18.6 Å². The monoisotopic (exact) mass is 243 g/mol. The van der Waals surface area contributed by atoms with Crippen LogP contribution in [-0.4, -0.2) is 18.4 Å². The summed E-state index contributed by atoms with van der Waals surface area (Å²) in [6.07, 6.45) is 1.84. The van der Waals surface area contributed by atoms with Crippen molar-refractivity contribution in [3.63, 3.8) is 0 Å². The zero-order valence-corrected chi connectivity index (χ0v) is 9.89. The zero-order chi connectivity index (χ0) is 12.5. The van der Waals surface area contributed by atoms with E-state index >= 15 is 0 Å². The molecule has 1 aromatic rings. The van der Waals surface area contributed by atoms with Gasteiger partial charge in [0.25, 0.3) is 5.91 Å². The number of imide groups is 1. The van der Waals surface area contributed by atoms with E-state index in [1.807, 2.05) is 18.2 Å². The quantitative estimate of drug-likeness (QED) is 0.560. The van der Waals surface area contributed by atoms with Crippen LogP contribution in [0.2, 0.25) is 0 Å². The number of benzene rings is 1. The molecule has 0 bridgehead atoms. The van der Waals surface area contributed by atoms with Crippen molar-refractivity contribution in [1.29, 1.82) is 0 Å². The van der Waals surface area contributed by atoms with Crippen LogP contribution in [0, 0.1) is 0 Å². The lowest BCUT2D eigenvalue weighted by Crippen LogP contribution is -2.29. The van der Waals surface area contributed by atoms with Crippen LogP contribution in [0.15, 0.2) is 41.7 Å². The first-order chi connectivity index (χ1) is 8.77. The summed E-state index contributed by atoms with van der Waals surface area (Å²) in [5, 5.41) is 0. The Kier molecular flexibility index (Phi) is 2.63. The second-order valence-corrected chi connectivity index (χ2v) is 4.40. The molecule has 2 aliphatic rings. The highest BCUT2D eigenvalue weighted by Gasteiger charge is 2.38. The number of rotatable bonds is 1. The number of para-hydroxylation sites is 1. The minimum Gasteiger partial charge on any atom is -0.497 e. The minimum absolute atomic E-state index is 0.156. The topological polar surface area (TPSA) is 46.6 Å². The summed E-state index contributed by atoms with van der Waals surface area (Å²) in [6.45, 7) is 0.644. The van der Waals surface area contributed by atoms with E-state index in [4.69, 9.17) is 4.74 Å². The molecule has 2 aliphatic heterocycles. The van der Waals surface area contributed by atoms with Gasteiger partial charge in [-0.3, -0.25) is 9.59 Å². The zero-order valence-electron chi connectivity index (χ0n) is 9.89. The molecule has 1 aromatic carbocycles. The Morgan fingerprint density at radius 3 is 2.56 bits per heavy atom. The Hall–Kier alpha value is -2.10. The Balaban J connectivity index is 1.97. The molecular formula is C14H13NO3. The number of amides is 2. The van der Waals surface area contributed by atoms with Crippen LogP contribution in [0.25, 0.3) is 0 Å². The Labute approximate surface area is 105 Å². The van der Waals surface area contributed by atoms with E-state index in [1.165, 1.54) is 4.90 Å². The maximum Gasteiger partial charge on any atom is 0.264 e. The van der Waals surface area contributed by atoms with Gasteiger partial charge < -0.3 is 4.74 Å². The van der Waals surface area contributed by atoms with E-state index in [0.717, 1.165) is 12.8 Å². The number of nitrogens with zero attached hydrogens (tertiary/aromatic N) is 1. The van der Waals surface area contributed by atoms with Crippen LogP contribution in [-0.2, 0) is 14.3 Å². The third-order valence-corrected chi connectivity index (χ3v) is 3.21. The standard InChI is InChI=1S/C14H13NO3/c16-13-9-11(12-7-4-8-18-12)14(17)15(13)10-5-2-1-3-6-10/h1-3,5-6H,4,7-9H2/b12-11+. The number of carbonyl (C=O) groups is 2. The van der Waals surface area contributed by atoms with Gasteiger partial charge in [-0.2, -0.15) is 0 Å². The molecule has 4 nitrogen and oxygen atoms in total. The molecule has 0 spiro atoms. The highest BCUT2D eigenvalue weighted by molar-refractivity contribution is 6.28. The van der Waals surface area contributed by atoms with Crippen LogP contribution in [0.1, 0.15) is 19.3 Å². The molecule has 2 amide bonds. The largest absolute Gasteiger partial charge is 0.497 e. The van der Waals surface area contributed by atoms with E-state index in [9.17, 15) is 9.59 Å². The normalized spacial score (nSPS) is 23.7. The van der Waals surface area contributed by atoms with Gasteiger partial charge in [0, 0.05) is 6.42 Å². The number of ether oxygens (including phenoxy) is 1. The van der Waals surface area contributed by atoms with Crippen LogP contribution >= 0.6 is 0 Å². The molecule has 0 N–H and O–H groups in total. The summed E-state index contributed by atoms with van der Waals surface area (Å²) in [4.78, 5) is 25.5. The number of carbonyl (C=O) groups excluding carboxylic acids is 2. The molecule has 0 atom stereocenters. The molecule has 18 heavy (non-hydrogen) atoms. The lowest BCUT2D eigenvalue weighted by Gasteiger charge is -2.13. The molecular weight excluding hydrogens is 230 g/mol. The van der Waals surface area contributed by atoms with Gasteiger partial charge in [0.15, 0.2) is 0 Å². The van der Waals surface area contributed by atoms with Crippen LogP contribution in [0.3, 0.4) is 0 Å². The van der Waals surface area contributed by atoms with Crippen molar-refractivity contribution in [3.05, 3.63) is 41.7 Å². The highest BCUT2D eigenvalue weighted by Crippen LogP contribution is 2.31. The molecule has 92 valence electrons. The van der Waals surface area contributed by atoms with Crippen LogP contribution in [0.5, 0.6) is 0 Å². The molecule has 2 heterocycles. The van der Waals surface area contributed by atoms with Gasteiger partial charge in [0.05, 0.1) is 24.3 Å². The number of allylic oxidation sites excluding steroid dienone is 1. The molecule has 0 aromatic heterocycles. The Morgan fingerprint density at radius 1 is 1.11 bits per heavy atom. The molecule has 3 rings (SSSR count). The number of hydrogen-bond donors (Lipinski definition) is 0. The average Bonchev–Trinajstić information content (AvgIpc) is 2.99. The van der Waals surface area contributed by atoms with E-state index in [1.54, 1.807) is 12.1 Å². The predicted molar refractivity (Wildman–Crippen MR) is 65.8 cm³/mol. The summed E-state index contributed by atoms with van der Waals surface area (Å²) in [6, 6.07) is 9.01. The van der Waals surface area contributed by atoms with Crippen molar-refractivity contribution in [2.45, 2.75) is 19.3 Å². The Morgan fingerprint density at radius 2 is 1.89 bits per heavy atom. The third-order valence-electron chi connectivity index (χ3n) is 3.21. The van der Waals surface area contributed by atoms with Gasteiger partial charge in [-0.1, -0.05) is 18.2 Å². The highest BCUT2D eigenvalue weighted by atomic mass is 16.5. The first kappa shape index (κ1) is 11.0. The van der Waals surface area contributed by atoms with Gasteiger partial charge in [-0.15, -0.1) is 0 Å². The van der Waals surface area contributed by atoms with Crippen molar-refractivity contribution in [1.82, 2.24) is 0 Å². The van der Waals surface area contributed by atoms with E-state index < -0.39 is 0 Å². The second-order valence-electron chi connectivity index (χ2n) is 4.40. The van der Waals surface area contributed by atoms with Crippen molar-refractivity contribution in [2.75, 3.05) is 11.5 Å². The first-order valence-corrected chi connectivity index (χ1v) is 6.04. The Bertz CT molecular complexity index is 525. The summed E-state index contributed by atoms with van der Waals surface area (Å²) >= 11 is 0. The van der Waals surface area contributed by atoms with Crippen LogP contribution in [0.4, 0.5) is 5.69 Å². The summed E-state index contributed by atoms with van der Waals surface area (Å²) in [5.41, 5.74) is 1.16. The first-order valence-electron chi connectivity index (χ1n) is 6.04. The summed E-state index contributed by atoms with van der Waals surface area (Å²) < 4.78 is 5.42. The van der Waals surface area contributed by atoms with E-state index in [0.29, 0.717) is 23.6 Å². The minimum atomic E-state index is -0.233. The smallest absolute Gasteiger partial charge is 0.264 e. The van der Waals surface area contributed by atoms with Crippen LogP contribution < -0.4 is 4.90 Å². The van der Waals surface area contributed by atoms with Gasteiger partial charge in [0.2, 0.25) is 5.91 Å². The lowest BCUT2D eigenvalue weighted by molar-refractivity contribution is -0.120. The summed E-state index contributed by atoms with van der Waals surface area (Å²) in [5.74, 6) is 0.291. The van der Waals surface area contributed by atoms with Gasteiger partial charge >= 0.3 is 0 Å². The van der Waals surface area contributed by atoms with Crippen molar-refractivity contribution in [2.24, 2.45) is 0 Å². The molecule has 2 fully saturated rings. The molecule has 0 aliphatic carbocycles. The SMILES string of the molecule is O=C1C/C(=C2/CCCO2)C(=O)N1c1ccccc1. The predicted octanol–water partition coefficient (Wildman–Crippen LogP) is 2.01. The van der Waals surface area contributed by atoms with Crippen molar-refractivity contribution >= 4 is 17.5 Å². The van der Waals surface area contributed by atoms with Gasteiger partial charge in [0.1, 0.15) is 5.76 Å². The molecule has 0 saturated carbocycles. The molecule has 2 saturated heterocycles. The lowest BCUT2D eigenvalue weighted by atomic mass is 10.1. The fourth-order valence-electron chi connectivity index (χ4n) is 2.35. The molecule has 0 radical (unpaired) electrons. The third kappa shape index (κ3) is 1.70. The molecule has 0 unspecified atom stereocenters. The van der Waals surface area contributed by atoms with E-state index in [-0.39, 0.29) is 18.2 Å². The van der Waals surface area contributed by atoms with Crippen molar-refractivity contribution < 1.29 is 14.3 Å². The maximum absolute atomic E-state index is 12.3. The summed E-state index contributed by atoms with van der Waals surface area (Å²) in [7, 11) is 0. The maximum atomic E-state index is 12.3. The fourth-order valence-corrected chi connectivity index (χ4v) is 2.35. The second kappa shape index (κ2) is 4.29. The van der Waals surface area contributed by atoms with Crippen molar-refractivity contribution in [3.8, 4) is 0 Å². The molecule has 4 heteroatoms. The van der Waals surface area contributed by atoms with E-state index in [2.05, 4.69) is 0 Å². The van der Waals surface area contributed by atoms with Gasteiger partial charge in [-0.25, -0.2) is 4.90 Å².